The van der Waals surface area contributed by atoms with E-state index in [1.165, 1.54) is 4.90 Å². The summed E-state index contributed by atoms with van der Waals surface area (Å²) in [5.41, 5.74) is -0.0638. The van der Waals surface area contributed by atoms with E-state index < -0.39 is 41.4 Å². The molecule has 0 saturated carbocycles. The zero-order valence-corrected chi connectivity index (χ0v) is 20.9. The van der Waals surface area contributed by atoms with Gasteiger partial charge >= 0.3 is 0 Å². The van der Waals surface area contributed by atoms with Crippen LogP contribution in [-0.4, -0.2) is 70.5 Å². The van der Waals surface area contributed by atoms with Gasteiger partial charge in [0, 0.05) is 19.6 Å². The molecule has 1 aromatic carbocycles. The van der Waals surface area contributed by atoms with E-state index in [1.54, 1.807) is 38.1 Å². The van der Waals surface area contributed by atoms with E-state index in [-0.39, 0.29) is 25.4 Å². The number of fused-ring (bicyclic) bond motifs is 1. The number of hydrogen-bond acceptors (Lipinski definition) is 5. The Morgan fingerprint density at radius 3 is 2.44 bits per heavy atom. The van der Waals surface area contributed by atoms with Gasteiger partial charge in [0.05, 0.1) is 6.57 Å². The van der Waals surface area contributed by atoms with E-state index in [0.717, 1.165) is 5.56 Å². The molecule has 0 bridgehead atoms. The van der Waals surface area contributed by atoms with Crippen LogP contribution in [0, 0.1) is 6.57 Å². The Balaban J connectivity index is 1.94. The highest BCUT2D eigenvalue weighted by molar-refractivity contribution is 5.99. The zero-order chi connectivity index (χ0) is 26.3. The minimum absolute atomic E-state index is 0.0235. The van der Waals surface area contributed by atoms with Crippen LogP contribution in [0.2, 0.25) is 0 Å². The van der Waals surface area contributed by atoms with Gasteiger partial charge in [-0.3, -0.25) is 19.2 Å². The Bertz CT molecular complexity index is 1020. The van der Waals surface area contributed by atoms with Crippen LogP contribution in [0.25, 0.3) is 4.85 Å². The van der Waals surface area contributed by atoms with Crippen LogP contribution in [-0.2, 0) is 25.6 Å². The lowest BCUT2D eigenvalue weighted by atomic mass is 9.94. The predicted octanol–water partition coefficient (Wildman–Crippen LogP) is 1.20. The number of carbonyl (C=O) groups is 4. The summed E-state index contributed by atoms with van der Waals surface area (Å²) in [7, 11) is 0. The van der Waals surface area contributed by atoms with Crippen LogP contribution < -0.4 is 16.0 Å². The first kappa shape index (κ1) is 27.1. The lowest BCUT2D eigenvalue weighted by Crippen LogP contribution is -2.65. The number of benzene rings is 1. The molecule has 0 unspecified atom stereocenters. The van der Waals surface area contributed by atoms with Gasteiger partial charge in [-0.2, -0.15) is 0 Å². The fourth-order valence-electron chi connectivity index (χ4n) is 4.62. The molecule has 3 rings (SSSR count). The molecule has 0 aromatic heterocycles. The van der Waals surface area contributed by atoms with E-state index in [9.17, 15) is 19.2 Å². The zero-order valence-electron chi connectivity index (χ0n) is 20.9. The molecular weight excluding hydrogens is 462 g/mol. The fraction of sp³-hybridized carbons (Fsp3) is 0.577. The molecule has 4 amide bonds. The van der Waals surface area contributed by atoms with Crippen molar-refractivity contribution in [3.63, 3.8) is 0 Å². The number of aliphatic hydroxyl groups is 1. The average molecular weight is 498 g/mol. The van der Waals surface area contributed by atoms with Gasteiger partial charge in [-0.15, -0.1) is 0 Å². The largest absolute Gasteiger partial charge is 0.396 e. The van der Waals surface area contributed by atoms with Gasteiger partial charge in [-0.25, -0.2) is 4.85 Å². The van der Waals surface area contributed by atoms with Crippen molar-refractivity contribution in [2.24, 2.45) is 0 Å². The minimum atomic E-state index is -1.30. The van der Waals surface area contributed by atoms with E-state index in [4.69, 9.17) is 11.7 Å². The molecule has 10 nitrogen and oxygen atoms in total. The van der Waals surface area contributed by atoms with Gasteiger partial charge in [0.15, 0.2) is 5.69 Å². The molecule has 36 heavy (non-hydrogen) atoms. The van der Waals surface area contributed by atoms with Crippen LogP contribution >= 0.6 is 0 Å². The molecule has 2 saturated heterocycles. The summed E-state index contributed by atoms with van der Waals surface area (Å²) < 4.78 is 0. The molecule has 0 aliphatic carbocycles. The second kappa shape index (κ2) is 12.0. The third-order valence-electron chi connectivity index (χ3n) is 7.09. The third-order valence-corrected chi connectivity index (χ3v) is 7.09. The predicted molar refractivity (Wildman–Crippen MR) is 133 cm³/mol. The van der Waals surface area contributed by atoms with Gasteiger partial charge < -0.3 is 26.0 Å². The van der Waals surface area contributed by atoms with Crippen LogP contribution in [0.5, 0.6) is 0 Å². The van der Waals surface area contributed by atoms with Gasteiger partial charge in [0.25, 0.3) is 0 Å². The quantitative estimate of drug-likeness (QED) is 0.332. The van der Waals surface area contributed by atoms with Crippen LogP contribution in [0.1, 0.15) is 57.9 Å². The van der Waals surface area contributed by atoms with Crippen molar-refractivity contribution in [2.45, 2.75) is 82.5 Å². The highest BCUT2D eigenvalue weighted by Gasteiger charge is 2.43. The average Bonchev–Trinajstić information content (AvgIpc) is 3.37. The highest BCUT2D eigenvalue weighted by atomic mass is 16.3. The molecule has 194 valence electrons. The van der Waals surface area contributed by atoms with Crippen LogP contribution in [0.15, 0.2) is 24.3 Å². The second-order valence-corrected chi connectivity index (χ2v) is 9.65. The summed E-state index contributed by atoms with van der Waals surface area (Å²) in [5.74, 6) is -1.69. The minimum Gasteiger partial charge on any atom is -0.396 e. The Labute approximate surface area is 211 Å². The number of aliphatic hydroxyl groups excluding tert-OH is 1. The van der Waals surface area contributed by atoms with E-state index in [2.05, 4.69) is 20.8 Å². The number of hydrogen-bond donors (Lipinski definition) is 4. The molecular formula is C26H35N5O5. The van der Waals surface area contributed by atoms with E-state index >= 15 is 0 Å². The lowest BCUT2D eigenvalue weighted by molar-refractivity contribution is -0.144. The lowest BCUT2D eigenvalue weighted by Gasteiger charge is -2.36. The first-order chi connectivity index (χ1) is 17.2. The third kappa shape index (κ3) is 6.21. The maximum Gasteiger partial charge on any atom is 0.246 e. The SMILES string of the molecule is [C-]#[N+]c1ccc(C[C@@H]2NC(=O)[C@](C)(CC)NC(=O)[C@H](CCCCO)NC(=O)[C@H]3CCCN3C2=O)cc1. The van der Waals surface area contributed by atoms with Crippen molar-refractivity contribution < 1.29 is 24.3 Å². The van der Waals surface area contributed by atoms with Crippen LogP contribution in [0.3, 0.4) is 0 Å². The Hall–Kier alpha value is -3.45. The fourth-order valence-corrected chi connectivity index (χ4v) is 4.62. The molecule has 4 N–H and O–H groups in total. The van der Waals surface area contributed by atoms with Crippen molar-refractivity contribution in [2.75, 3.05) is 13.2 Å². The summed E-state index contributed by atoms with van der Waals surface area (Å²) in [6, 6.07) is 4.26. The number of rotatable bonds is 7. The van der Waals surface area contributed by atoms with E-state index in [0.29, 0.717) is 44.3 Å². The Kier molecular flexibility index (Phi) is 9.04. The normalized spacial score (nSPS) is 27.2. The Morgan fingerprint density at radius 2 is 1.81 bits per heavy atom. The standard InChI is InChI=1S/C26H35N5O5/c1-4-26(2)25(36)29-20(16-17-10-12-18(27-3)13-11-17)24(35)31-14-7-9-21(31)23(34)28-19(22(33)30-26)8-5-6-15-32/h10-13,19-21,32H,4-9,14-16H2,1-2H3,(H,28,34)(H,29,36)(H,30,33)/t19-,20-,21+,26-/m0/s1. The van der Waals surface area contributed by atoms with Gasteiger partial charge in [-0.05, 0) is 51.0 Å². The molecule has 2 aliphatic heterocycles. The molecule has 0 radical (unpaired) electrons. The molecule has 10 heteroatoms. The van der Waals surface area contributed by atoms with Crippen molar-refractivity contribution >= 4 is 29.3 Å². The van der Waals surface area contributed by atoms with Gasteiger partial charge in [0.1, 0.15) is 23.7 Å². The number of nitrogens with one attached hydrogen (secondary N) is 3. The molecule has 4 atom stereocenters. The summed E-state index contributed by atoms with van der Waals surface area (Å²) in [5, 5.41) is 17.6. The maximum atomic E-state index is 13.7. The first-order valence-electron chi connectivity index (χ1n) is 12.5. The van der Waals surface area contributed by atoms with E-state index in [1.807, 2.05) is 0 Å². The maximum absolute atomic E-state index is 13.7. The summed E-state index contributed by atoms with van der Waals surface area (Å²) in [4.78, 5) is 58.4. The molecule has 2 heterocycles. The Morgan fingerprint density at radius 1 is 1.08 bits per heavy atom. The summed E-state index contributed by atoms with van der Waals surface area (Å²) in [6.45, 7) is 10.9. The molecule has 1 aromatic rings. The highest BCUT2D eigenvalue weighted by Crippen LogP contribution is 2.22. The number of nitrogens with zero attached hydrogens (tertiary/aromatic N) is 2. The molecule has 2 aliphatic rings. The first-order valence-corrected chi connectivity index (χ1v) is 12.5. The molecule has 2 fully saturated rings. The van der Waals surface area contributed by atoms with Crippen LogP contribution in [0.4, 0.5) is 5.69 Å². The van der Waals surface area contributed by atoms with Crippen molar-refractivity contribution in [1.82, 2.24) is 20.9 Å². The van der Waals surface area contributed by atoms with Crippen molar-refractivity contribution in [3.05, 3.63) is 41.2 Å². The summed E-state index contributed by atoms with van der Waals surface area (Å²) in [6.07, 6.45) is 2.88. The second-order valence-electron chi connectivity index (χ2n) is 9.65. The summed E-state index contributed by atoms with van der Waals surface area (Å²) >= 11 is 0. The number of amides is 4. The number of carbonyl (C=O) groups excluding carboxylic acids is 4. The number of unbranched alkanes of at least 4 members (excludes halogenated alkanes) is 1. The van der Waals surface area contributed by atoms with Gasteiger partial charge in [0.2, 0.25) is 23.6 Å². The topological polar surface area (TPSA) is 132 Å². The van der Waals surface area contributed by atoms with Crippen molar-refractivity contribution in [1.29, 1.82) is 0 Å². The van der Waals surface area contributed by atoms with Crippen molar-refractivity contribution in [3.8, 4) is 0 Å². The van der Waals surface area contributed by atoms with Gasteiger partial charge in [-0.1, -0.05) is 31.2 Å². The smallest absolute Gasteiger partial charge is 0.246 e. The monoisotopic (exact) mass is 497 g/mol. The molecule has 0 spiro atoms.